The zero-order valence-corrected chi connectivity index (χ0v) is 9.27. The molecule has 2 aromatic heterocycles. The van der Waals surface area contributed by atoms with Crippen LogP contribution in [0.5, 0.6) is 0 Å². The van der Waals surface area contributed by atoms with Crippen molar-refractivity contribution in [3.8, 4) is 0 Å². The van der Waals surface area contributed by atoms with E-state index in [1.807, 2.05) is 18.3 Å². The average molecular weight is 234 g/mol. The minimum atomic E-state index is -1.03. The maximum Gasteiger partial charge on any atom is 0.372 e. The molecule has 0 spiro atoms. The molecule has 0 saturated heterocycles. The van der Waals surface area contributed by atoms with Crippen molar-refractivity contribution in [1.29, 1.82) is 0 Å². The summed E-state index contributed by atoms with van der Waals surface area (Å²) in [7, 11) is 0. The summed E-state index contributed by atoms with van der Waals surface area (Å²) in [6.45, 7) is 1.28. The second kappa shape index (κ2) is 5.36. The van der Waals surface area contributed by atoms with Gasteiger partial charge in [-0.3, -0.25) is 0 Å². The highest BCUT2D eigenvalue weighted by Gasteiger charge is 2.12. The topological polar surface area (TPSA) is 78.3 Å². The first-order valence-corrected chi connectivity index (χ1v) is 5.40. The Labute approximate surface area is 98.5 Å². The number of carbonyl (C=O) groups is 1. The van der Waals surface area contributed by atoms with Crippen LogP contribution in [0.4, 0.5) is 0 Å². The van der Waals surface area contributed by atoms with Crippen molar-refractivity contribution in [2.45, 2.75) is 13.0 Å². The van der Waals surface area contributed by atoms with E-state index in [1.54, 1.807) is 6.07 Å². The van der Waals surface area contributed by atoms with Crippen LogP contribution in [0.25, 0.3) is 0 Å². The lowest BCUT2D eigenvalue weighted by Crippen LogP contribution is -2.17. The van der Waals surface area contributed by atoms with E-state index in [4.69, 9.17) is 9.52 Å². The molecule has 90 valence electrons. The number of hydrogen-bond donors (Lipinski definition) is 3. The summed E-state index contributed by atoms with van der Waals surface area (Å²) in [5.74, 6) is -1.02. The van der Waals surface area contributed by atoms with Gasteiger partial charge in [0.2, 0.25) is 5.76 Å². The molecule has 0 aromatic carbocycles. The highest BCUT2D eigenvalue weighted by molar-refractivity contribution is 5.86. The highest BCUT2D eigenvalue weighted by Crippen LogP contribution is 2.09. The Morgan fingerprint density at radius 3 is 3.06 bits per heavy atom. The molecule has 0 unspecified atom stereocenters. The third-order valence-corrected chi connectivity index (χ3v) is 2.49. The predicted octanol–water partition coefficient (Wildman–Crippen LogP) is 1.64. The van der Waals surface area contributed by atoms with Gasteiger partial charge in [-0.1, -0.05) is 0 Å². The van der Waals surface area contributed by atoms with Gasteiger partial charge in [-0.2, -0.15) is 0 Å². The van der Waals surface area contributed by atoms with Gasteiger partial charge >= 0.3 is 5.97 Å². The van der Waals surface area contributed by atoms with E-state index in [2.05, 4.69) is 10.3 Å². The summed E-state index contributed by atoms with van der Waals surface area (Å²) in [6.07, 6.45) is 4.16. The van der Waals surface area contributed by atoms with E-state index in [1.165, 1.54) is 6.26 Å². The number of H-pyrrole nitrogens is 1. The first-order valence-electron chi connectivity index (χ1n) is 5.40. The molecular weight excluding hydrogens is 220 g/mol. The number of carboxylic acid groups (broad SMARTS) is 1. The van der Waals surface area contributed by atoms with Crippen molar-refractivity contribution in [3.63, 3.8) is 0 Å². The van der Waals surface area contributed by atoms with Crippen LogP contribution in [0.2, 0.25) is 0 Å². The van der Waals surface area contributed by atoms with Gasteiger partial charge in [-0.05, 0) is 24.6 Å². The van der Waals surface area contributed by atoms with Crippen molar-refractivity contribution in [2.75, 3.05) is 6.54 Å². The molecule has 0 bridgehead atoms. The third kappa shape index (κ3) is 2.98. The maximum atomic E-state index is 10.8. The molecule has 0 aliphatic carbocycles. The van der Waals surface area contributed by atoms with Crippen molar-refractivity contribution >= 4 is 5.97 Å². The molecule has 0 radical (unpaired) electrons. The molecule has 0 atom stereocenters. The number of nitrogens with one attached hydrogen (secondary N) is 2. The highest BCUT2D eigenvalue weighted by atomic mass is 16.4. The molecule has 0 aliphatic rings. The van der Waals surface area contributed by atoms with Gasteiger partial charge < -0.3 is 19.8 Å². The molecule has 5 nitrogen and oxygen atoms in total. The van der Waals surface area contributed by atoms with Crippen LogP contribution < -0.4 is 5.32 Å². The Balaban J connectivity index is 1.78. The van der Waals surface area contributed by atoms with Gasteiger partial charge in [-0.25, -0.2) is 4.79 Å². The minimum absolute atomic E-state index is 0.0115. The van der Waals surface area contributed by atoms with E-state index in [0.717, 1.165) is 18.7 Å². The zero-order valence-electron chi connectivity index (χ0n) is 9.27. The smallest absolute Gasteiger partial charge is 0.372 e. The summed E-state index contributed by atoms with van der Waals surface area (Å²) < 4.78 is 4.88. The van der Waals surface area contributed by atoms with E-state index >= 15 is 0 Å². The predicted molar refractivity (Wildman–Crippen MR) is 61.9 cm³/mol. The Morgan fingerprint density at radius 2 is 2.35 bits per heavy atom. The van der Waals surface area contributed by atoms with Crippen LogP contribution in [-0.4, -0.2) is 22.6 Å². The molecule has 3 N–H and O–H groups in total. The standard InChI is InChI=1S/C12H14N2O3/c15-12(16)11-9(4-7-17-11)8-13-6-3-10-2-1-5-14-10/h1-2,4-5,7,13-14H,3,6,8H2,(H,15,16). The molecule has 0 saturated carbocycles. The summed E-state index contributed by atoms with van der Waals surface area (Å²) in [6, 6.07) is 5.64. The average Bonchev–Trinajstić information content (AvgIpc) is 2.95. The van der Waals surface area contributed by atoms with Crippen LogP contribution >= 0.6 is 0 Å². The lowest BCUT2D eigenvalue weighted by atomic mass is 10.2. The maximum absolute atomic E-state index is 10.8. The Morgan fingerprint density at radius 1 is 1.47 bits per heavy atom. The van der Waals surface area contributed by atoms with E-state index < -0.39 is 5.97 Å². The fraction of sp³-hybridized carbons (Fsp3) is 0.250. The molecule has 2 aromatic rings. The van der Waals surface area contributed by atoms with Crippen LogP contribution in [0.3, 0.4) is 0 Å². The van der Waals surface area contributed by atoms with Crippen LogP contribution in [-0.2, 0) is 13.0 Å². The Bertz CT molecular complexity index is 474. The number of hydrogen-bond acceptors (Lipinski definition) is 3. The van der Waals surface area contributed by atoms with Gasteiger partial charge in [0.15, 0.2) is 0 Å². The number of rotatable bonds is 6. The SMILES string of the molecule is O=C(O)c1occc1CNCCc1ccc[nH]1. The first kappa shape index (κ1) is 11.5. The zero-order chi connectivity index (χ0) is 12.1. The summed E-state index contributed by atoms with van der Waals surface area (Å²) in [4.78, 5) is 13.9. The van der Waals surface area contributed by atoms with E-state index in [0.29, 0.717) is 12.1 Å². The van der Waals surface area contributed by atoms with Crippen molar-refractivity contribution in [2.24, 2.45) is 0 Å². The first-order chi connectivity index (χ1) is 8.27. The molecule has 0 fully saturated rings. The summed E-state index contributed by atoms with van der Waals surface area (Å²) >= 11 is 0. The summed E-state index contributed by atoms with van der Waals surface area (Å²) in [5, 5.41) is 12.0. The van der Waals surface area contributed by atoms with E-state index in [-0.39, 0.29) is 5.76 Å². The number of carboxylic acids is 1. The van der Waals surface area contributed by atoms with Gasteiger partial charge in [0.1, 0.15) is 0 Å². The fourth-order valence-corrected chi connectivity index (χ4v) is 1.63. The molecular formula is C12H14N2O3. The monoisotopic (exact) mass is 234 g/mol. The Hall–Kier alpha value is -2.01. The Kier molecular flexibility index (Phi) is 3.62. The van der Waals surface area contributed by atoms with Crippen LogP contribution in [0.1, 0.15) is 21.8 Å². The lowest BCUT2D eigenvalue weighted by Gasteiger charge is -2.02. The van der Waals surface area contributed by atoms with Crippen molar-refractivity contribution < 1.29 is 14.3 Å². The molecule has 17 heavy (non-hydrogen) atoms. The van der Waals surface area contributed by atoms with Crippen LogP contribution in [0, 0.1) is 0 Å². The second-order valence-corrected chi connectivity index (χ2v) is 3.70. The van der Waals surface area contributed by atoms with Crippen molar-refractivity contribution in [3.05, 3.63) is 47.7 Å². The number of aromatic carboxylic acids is 1. The fourth-order valence-electron chi connectivity index (χ4n) is 1.63. The molecule has 2 rings (SSSR count). The van der Waals surface area contributed by atoms with Crippen molar-refractivity contribution in [1.82, 2.24) is 10.3 Å². The quantitative estimate of drug-likeness (QED) is 0.664. The van der Waals surface area contributed by atoms with Gasteiger partial charge in [-0.15, -0.1) is 0 Å². The number of furan rings is 1. The largest absolute Gasteiger partial charge is 0.475 e. The lowest BCUT2D eigenvalue weighted by molar-refractivity contribution is 0.0660. The van der Waals surface area contributed by atoms with Gasteiger partial charge in [0.05, 0.1) is 6.26 Å². The van der Waals surface area contributed by atoms with Crippen LogP contribution in [0.15, 0.2) is 35.1 Å². The molecule has 0 aliphatic heterocycles. The molecule has 5 heteroatoms. The summed E-state index contributed by atoms with van der Waals surface area (Å²) in [5.41, 5.74) is 1.83. The molecule has 2 heterocycles. The number of aromatic nitrogens is 1. The van der Waals surface area contributed by atoms with Gasteiger partial charge in [0, 0.05) is 30.5 Å². The molecule has 0 amide bonds. The number of aromatic amines is 1. The van der Waals surface area contributed by atoms with E-state index in [9.17, 15) is 4.79 Å². The third-order valence-electron chi connectivity index (χ3n) is 2.49. The minimum Gasteiger partial charge on any atom is -0.475 e. The normalized spacial score (nSPS) is 10.6. The second-order valence-electron chi connectivity index (χ2n) is 3.70. The van der Waals surface area contributed by atoms with Gasteiger partial charge in [0.25, 0.3) is 0 Å².